The van der Waals surface area contributed by atoms with E-state index in [1.165, 1.54) is 43.2 Å². The number of hydrogen-bond acceptors (Lipinski definition) is 0. The molecule has 0 saturated heterocycles. The predicted octanol–water partition coefficient (Wildman–Crippen LogP) is 9.10. The highest BCUT2D eigenvalue weighted by molar-refractivity contribution is 5.84. The maximum atomic E-state index is 14.8. The Bertz CT molecular complexity index is 1070. The van der Waals surface area contributed by atoms with Crippen LogP contribution in [0.25, 0.3) is 10.8 Å². The Balaban J connectivity index is 1.39. The Morgan fingerprint density at radius 2 is 1.58 bits per heavy atom. The molecule has 0 atom stereocenters. The maximum absolute atomic E-state index is 14.8. The molecule has 0 spiro atoms. The summed E-state index contributed by atoms with van der Waals surface area (Å²) in [6, 6.07) is 16.4. The standard InChI is InChI=1S/C31H36F2/c1-3-5-7-22-8-14-25(15-9-22)26-16-10-23(11-17-26)12-19-28-21-27-18-13-24(6-4-2)20-29(27)31(33)30(28)32/h3,10-11,13,16-18,20-22,25H,1,4-9,12,14-15,19H2,2H3. The SMILES string of the molecule is C=CCCC1CCC(c2ccc(CCc3cc4ccc(CCC)cc4c(F)c3F)cc2)CC1. The molecule has 33 heavy (non-hydrogen) atoms. The largest absolute Gasteiger partial charge is 0.203 e. The second kappa shape index (κ2) is 11.1. The van der Waals surface area contributed by atoms with Crippen LogP contribution >= 0.6 is 0 Å². The van der Waals surface area contributed by atoms with Crippen molar-refractivity contribution in [1.29, 1.82) is 0 Å². The van der Waals surface area contributed by atoms with Crippen molar-refractivity contribution in [3.05, 3.63) is 95.1 Å². The lowest BCUT2D eigenvalue weighted by Gasteiger charge is -2.28. The van der Waals surface area contributed by atoms with Gasteiger partial charge in [-0.05, 0) is 109 Å². The fourth-order valence-corrected chi connectivity index (χ4v) is 5.43. The van der Waals surface area contributed by atoms with Gasteiger partial charge in [0.05, 0.1) is 0 Å². The van der Waals surface area contributed by atoms with Crippen molar-refractivity contribution >= 4 is 10.8 Å². The van der Waals surface area contributed by atoms with Crippen molar-refractivity contribution in [2.45, 2.75) is 77.0 Å². The third kappa shape index (κ3) is 5.72. The van der Waals surface area contributed by atoms with Crippen molar-refractivity contribution in [2.24, 2.45) is 5.92 Å². The van der Waals surface area contributed by atoms with Gasteiger partial charge in [0.15, 0.2) is 11.6 Å². The zero-order valence-electron chi connectivity index (χ0n) is 19.9. The van der Waals surface area contributed by atoms with Gasteiger partial charge in [0.1, 0.15) is 0 Å². The molecule has 0 bridgehead atoms. The number of aryl methyl sites for hydroxylation is 3. The van der Waals surface area contributed by atoms with E-state index in [2.05, 4.69) is 37.8 Å². The van der Waals surface area contributed by atoms with Gasteiger partial charge in [0.2, 0.25) is 0 Å². The quantitative estimate of drug-likeness (QED) is 0.288. The molecule has 0 aromatic heterocycles. The number of hydrogen-bond donors (Lipinski definition) is 0. The third-order valence-corrected chi connectivity index (χ3v) is 7.46. The van der Waals surface area contributed by atoms with E-state index < -0.39 is 11.6 Å². The number of halogens is 2. The molecule has 3 aromatic rings. The molecule has 0 radical (unpaired) electrons. The predicted molar refractivity (Wildman–Crippen MR) is 136 cm³/mol. The molecule has 2 heteroatoms. The number of fused-ring (bicyclic) bond motifs is 1. The van der Waals surface area contributed by atoms with Gasteiger partial charge in [-0.3, -0.25) is 0 Å². The van der Waals surface area contributed by atoms with Crippen LogP contribution in [0.2, 0.25) is 0 Å². The lowest BCUT2D eigenvalue weighted by molar-refractivity contribution is 0.312. The van der Waals surface area contributed by atoms with Gasteiger partial charge in [-0.1, -0.05) is 55.8 Å². The highest BCUT2D eigenvalue weighted by atomic mass is 19.2. The van der Waals surface area contributed by atoms with Crippen LogP contribution < -0.4 is 0 Å². The van der Waals surface area contributed by atoms with Gasteiger partial charge in [0.25, 0.3) is 0 Å². The van der Waals surface area contributed by atoms with Crippen LogP contribution in [0.3, 0.4) is 0 Å². The van der Waals surface area contributed by atoms with E-state index in [9.17, 15) is 8.78 Å². The molecule has 0 N–H and O–H groups in total. The van der Waals surface area contributed by atoms with E-state index in [-0.39, 0.29) is 0 Å². The van der Waals surface area contributed by atoms with Crippen LogP contribution in [-0.4, -0.2) is 0 Å². The first-order valence-corrected chi connectivity index (χ1v) is 12.7. The summed E-state index contributed by atoms with van der Waals surface area (Å²) in [6.07, 6.45) is 12.7. The summed E-state index contributed by atoms with van der Waals surface area (Å²) >= 11 is 0. The maximum Gasteiger partial charge on any atom is 0.166 e. The minimum absolute atomic E-state index is 0.394. The fraction of sp³-hybridized carbons (Fsp3) is 0.419. The first kappa shape index (κ1) is 23.7. The average Bonchev–Trinajstić information content (AvgIpc) is 2.85. The van der Waals surface area contributed by atoms with Crippen LogP contribution in [0.5, 0.6) is 0 Å². The van der Waals surface area contributed by atoms with E-state index >= 15 is 0 Å². The summed E-state index contributed by atoms with van der Waals surface area (Å²) in [4.78, 5) is 0. The molecule has 1 aliphatic carbocycles. The summed E-state index contributed by atoms with van der Waals surface area (Å²) < 4.78 is 29.6. The monoisotopic (exact) mass is 446 g/mol. The van der Waals surface area contributed by atoms with Gasteiger partial charge in [-0.2, -0.15) is 0 Å². The lowest BCUT2D eigenvalue weighted by Crippen LogP contribution is -2.13. The zero-order valence-corrected chi connectivity index (χ0v) is 19.9. The van der Waals surface area contributed by atoms with Crippen molar-refractivity contribution in [1.82, 2.24) is 0 Å². The summed E-state index contributed by atoms with van der Waals surface area (Å²) in [5.41, 5.74) is 4.12. The van der Waals surface area contributed by atoms with Crippen LogP contribution in [0.1, 0.15) is 80.0 Å². The molecular formula is C31H36F2. The number of benzene rings is 3. The molecule has 4 rings (SSSR count). The summed E-state index contributed by atoms with van der Waals surface area (Å²) in [5.74, 6) is 0.109. The van der Waals surface area contributed by atoms with Crippen molar-refractivity contribution in [2.75, 3.05) is 0 Å². The molecule has 174 valence electrons. The van der Waals surface area contributed by atoms with Gasteiger partial charge in [-0.15, -0.1) is 6.58 Å². The van der Waals surface area contributed by atoms with Crippen molar-refractivity contribution < 1.29 is 8.78 Å². The molecule has 0 nitrogen and oxygen atoms in total. The van der Waals surface area contributed by atoms with Gasteiger partial charge in [-0.25, -0.2) is 8.78 Å². The van der Waals surface area contributed by atoms with Crippen molar-refractivity contribution in [3.63, 3.8) is 0 Å². The van der Waals surface area contributed by atoms with Crippen LogP contribution in [0.15, 0.2) is 61.2 Å². The smallest absolute Gasteiger partial charge is 0.166 e. The minimum atomic E-state index is -0.709. The summed E-state index contributed by atoms with van der Waals surface area (Å²) in [7, 11) is 0. The van der Waals surface area contributed by atoms with Crippen LogP contribution in [-0.2, 0) is 19.3 Å². The first-order valence-electron chi connectivity index (χ1n) is 12.7. The van der Waals surface area contributed by atoms with E-state index in [1.54, 1.807) is 6.07 Å². The lowest BCUT2D eigenvalue weighted by atomic mass is 9.77. The first-order chi connectivity index (χ1) is 16.1. The van der Waals surface area contributed by atoms with E-state index in [0.717, 1.165) is 36.1 Å². The average molecular weight is 447 g/mol. The van der Waals surface area contributed by atoms with Gasteiger partial charge < -0.3 is 0 Å². The summed E-state index contributed by atoms with van der Waals surface area (Å²) in [6.45, 7) is 5.93. The van der Waals surface area contributed by atoms with E-state index in [1.807, 2.05) is 24.3 Å². The molecule has 0 amide bonds. The highest BCUT2D eigenvalue weighted by Crippen LogP contribution is 2.37. The van der Waals surface area contributed by atoms with E-state index in [0.29, 0.717) is 29.7 Å². The molecular weight excluding hydrogens is 410 g/mol. The Hall–Kier alpha value is -2.48. The Morgan fingerprint density at radius 1 is 0.848 bits per heavy atom. The zero-order chi connectivity index (χ0) is 23.2. The Kier molecular flexibility index (Phi) is 7.96. The normalized spacial score (nSPS) is 18.5. The number of rotatable bonds is 9. The van der Waals surface area contributed by atoms with Gasteiger partial charge >= 0.3 is 0 Å². The Morgan fingerprint density at radius 3 is 2.27 bits per heavy atom. The molecule has 3 aromatic carbocycles. The molecule has 0 unspecified atom stereocenters. The second-order valence-corrected chi connectivity index (χ2v) is 9.79. The van der Waals surface area contributed by atoms with Crippen LogP contribution in [0, 0.1) is 17.6 Å². The topological polar surface area (TPSA) is 0 Å². The fourth-order valence-electron chi connectivity index (χ4n) is 5.43. The minimum Gasteiger partial charge on any atom is -0.203 e. The Labute approximate surface area is 197 Å². The summed E-state index contributed by atoms with van der Waals surface area (Å²) in [5, 5.41) is 1.17. The second-order valence-electron chi connectivity index (χ2n) is 9.79. The van der Waals surface area contributed by atoms with E-state index in [4.69, 9.17) is 0 Å². The molecule has 1 aliphatic rings. The molecule has 1 fully saturated rings. The highest BCUT2D eigenvalue weighted by Gasteiger charge is 2.22. The third-order valence-electron chi connectivity index (χ3n) is 7.46. The van der Waals surface area contributed by atoms with Crippen molar-refractivity contribution in [3.8, 4) is 0 Å². The molecule has 1 saturated carbocycles. The molecule has 0 heterocycles. The van der Waals surface area contributed by atoms with Gasteiger partial charge in [0, 0.05) is 5.39 Å². The number of allylic oxidation sites excluding steroid dienone is 1. The van der Waals surface area contributed by atoms with Crippen LogP contribution in [0.4, 0.5) is 8.78 Å². The molecule has 0 aliphatic heterocycles.